The van der Waals surface area contributed by atoms with E-state index in [-0.39, 0.29) is 36.8 Å². The van der Waals surface area contributed by atoms with E-state index in [1.807, 2.05) is 0 Å². The van der Waals surface area contributed by atoms with Gasteiger partial charge in [0.05, 0.1) is 43.8 Å². The van der Waals surface area contributed by atoms with Crippen molar-refractivity contribution in [3.8, 4) is 0 Å². The van der Waals surface area contributed by atoms with Gasteiger partial charge >= 0.3 is 12.1 Å². The zero-order valence-corrected chi connectivity index (χ0v) is 21.9. The van der Waals surface area contributed by atoms with Gasteiger partial charge in [-0.05, 0) is 50.9 Å². The summed E-state index contributed by atoms with van der Waals surface area (Å²) in [6, 6.07) is 0.612. The average Bonchev–Trinajstić information content (AvgIpc) is 3.83. The lowest BCUT2D eigenvalue weighted by molar-refractivity contribution is -0.187. The maximum atomic E-state index is 13.9. The number of halogens is 3. The predicted octanol–water partition coefficient (Wildman–Crippen LogP) is 5.54. The van der Waals surface area contributed by atoms with Gasteiger partial charge in [0.15, 0.2) is 5.69 Å². The van der Waals surface area contributed by atoms with E-state index in [1.165, 1.54) is 13.3 Å². The Kier molecular flexibility index (Phi) is 6.13. The molecule has 6 unspecified atom stereocenters. The summed E-state index contributed by atoms with van der Waals surface area (Å²) < 4.78 is 58.7. The fourth-order valence-corrected chi connectivity index (χ4v) is 7.72. The van der Waals surface area contributed by atoms with E-state index in [0.717, 1.165) is 55.7 Å². The van der Waals surface area contributed by atoms with Crippen LogP contribution in [-0.4, -0.2) is 52.6 Å². The number of anilines is 1. The molecule has 4 heterocycles. The fraction of sp³-hybridized carbons (Fsp3) is 0.714. The highest BCUT2D eigenvalue weighted by Crippen LogP contribution is 2.59. The van der Waals surface area contributed by atoms with Crippen molar-refractivity contribution in [2.24, 2.45) is 17.8 Å². The Bertz CT molecular complexity index is 1230. The van der Waals surface area contributed by atoms with Crippen LogP contribution in [0.25, 0.3) is 0 Å². The number of alkyl halides is 3. The van der Waals surface area contributed by atoms with E-state index in [2.05, 4.69) is 20.0 Å². The zero-order chi connectivity index (χ0) is 26.9. The van der Waals surface area contributed by atoms with Crippen molar-refractivity contribution in [2.75, 3.05) is 12.0 Å². The van der Waals surface area contributed by atoms with Crippen LogP contribution in [0.4, 0.5) is 19.0 Å². The largest absolute Gasteiger partial charge is 0.464 e. The van der Waals surface area contributed by atoms with Crippen LogP contribution in [-0.2, 0) is 16.1 Å². The number of piperidine rings is 1. The standard InChI is InChI=1S/C28H33F3N4O4/c1-37-27(36)20-11-33-22(12-32-20)35-15-8-9-21(35)23-17(10-15)26(23)38-13-18-24(34-39-25(18)14-6-7-14)16-4-2-3-5-19(16)28(29,30)31/h11-12,14-17,19,21,23,26H,2-10,13H2,1H3/t15?,16?,17?,19?,21?,23?,26-/m0/s1. The highest BCUT2D eigenvalue weighted by Gasteiger charge is 2.63. The molecule has 8 nitrogen and oxygen atoms in total. The van der Waals surface area contributed by atoms with Gasteiger partial charge in [0.2, 0.25) is 0 Å². The number of carbonyl (C=O) groups excluding carboxylic acids is 1. The molecule has 5 fully saturated rings. The number of ether oxygens (including phenoxy) is 2. The van der Waals surface area contributed by atoms with Crippen molar-refractivity contribution in [1.29, 1.82) is 0 Å². The van der Waals surface area contributed by atoms with Gasteiger partial charge in [-0.2, -0.15) is 13.2 Å². The molecule has 2 aromatic heterocycles. The van der Waals surface area contributed by atoms with Crippen LogP contribution < -0.4 is 4.90 Å². The first-order valence-corrected chi connectivity index (χ1v) is 14.2. The number of carbonyl (C=O) groups is 1. The molecule has 2 aliphatic heterocycles. The van der Waals surface area contributed by atoms with Gasteiger partial charge in [-0.15, -0.1) is 0 Å². The SMILES string of the molecule is COC(=O)c1cnc(N2C3CCC2C2C(C3)[C@@H]2OCc2c(C3CCCCC3C(F)(F)F)noc2C2CC2)cn1. The van der Waals surface area contributed by atoms with Crippen LogP contribution in [0.1, 0.15) is 97.1 Å². The Hall–Kier alpha value is -2.69. The molecule has 2 bridgehead atoms. The molecule has 210 valence electrons. The van der Waals surface area contributed by atoms with Crippen LogP contribution in [0.5, 0.6) is 0 Å². The quantitative estimate of drug-likeness (QED) is 0.419. The number of nitrogens with zero attached hydrogens (tertiary/aromatic N) is 4. The molecule has 3 saturated carbocycles. The van der Waals surface area contributed by atoms with Crippen molar-refractivity contribution in [3.05, 3.63) is 35.1 Å². The molecule has 0 spiro atoms. The minimum absolute atomic E-state index is 0.0599. The van der Waals surface area contributed by atoms with E-state index in [1.54, 1.807) is 6.20 Å². The van der Waals surface area contributed by atoms with Gasteiger partial charge in [0.25, 0.3) is 0 Å². The van der Waals surface area contributed by atoms with Crippen molar-refractivity contribution in [1.82, 2.24) is 15.1 Å². The second-order valence-electron chi connectivity index (χ2n) is 11.9. The fourth-order valence-electron chi connectivity index (χ4n) is 7.72. The molecular weight excluding hydrogens is 513 g/mol. The van der Waals surface area contributed by atoms with Crippen molar-refractivity contribution >= 4 is 11.8 Å². The van der Waals surface area contributed by atoms with E-state index in [4.69, 9.17) is 14.0 Å². The molecule has 39 heavy (non-hydrogen) atoms. The molecule has 0 radical (unpaired) electrons. The molecule has 0 amide bonds. The molecule has 2 aromatic rings. The molecule has 0 N–H and O–H groups in total. The van der Waals surface area contributed by atoms with E-state index >= 15 is 0 Å². The van der Waals surface area contributed by atoms with E-state index < -0.39 is 24.0 Å². The lowest BCUT2D eigenvalue weighted by atomic mass is 9.76. The number of esters is 1. The molecule has 0 aromatic carbocycles. The maximum absolute atomic E-state index is 13.9. The number of aromatic nitrogens is 3. The number of hydrogen-bond donors (Lipinski definition) is 0. The first kappa shape index (κ1) is 25.3. The van der Waals surface area contributed by atoms with Crippen molar-refractivity contribution in [3.63, 3.8) is 0 Å². The normalized spacial score (nSPS) is 33.6. The number of rotatable bonds is 7. The summed E-state index contributed by atoms with van der Waals surface area (Å²) in [7, 11) is 1.32. The Morgan fingerprint density at radius 1 is 1.10 bits per heavy atom. The topological polar surface area (TPSA) is 90.6 Å². The van der Waals surface area contributed by atoms with Gasteiger partial charge in [-0.1, -0.05) is 18.0 Å². The second kappa shape index (κ2) is 9.45. The Labute approximate surface area is 224 Å². The minimum Gasteiger partial charge on any atom is -0.464 e. The molecule has 7 rings (SSSR count). The first-order chi connectivity index (χ1) is 18.8. The Balaban J connectivity index is 1.08. The van der Waals surface area contributed by atoms with Crippen LogP contribution in [0.2, 0.25) is 0 Å². The smallest absolute Gasteiger partial charge is 0.392 e. The van der Waals surface area contributed by atoms with Crippen LogP contribution in [0.3, 0.4) is 0 Å². The van der Waals surface area contributed by atoms with Gasteiger partial charge in [-0.3, -0.25) is 0 Å². The number of hydrogen-bond acceptors (Lipinski definition) is 8. The van der Waals surface area contributed by atoms with Crippen LogP contribution in [0, 0.1) is 17.8 Å². The molecule has 5 aliphatic rings. The van der Waals surface area contributed by atoms with E-state index in [0.29, 0.717) is 36.4 Å². The molecule has 7 atom stereocenters. The third kappa shape index (κ3) is 4.40. The first-order valence-electron chi connectivity index (χ1n) is 14.2. The lowest BCUT2D eigenvalue weighted by Gasteiger charge is -2.34. The third-order valence-electron chi connectivity index (χ3n) is 9.74. The molecule has 11 heteroatoms. The summed E-state index contributed by atoms with van der Waals surface area (Å²) in [6.07, 6.45) is 5.99. The Morgan fingerprint density at radius 2 is 1.92 bits per heavy atom. The van der Waals surface area contributed by atoms with Gasteiger partial charge in [0.1, 0.15) is 11.6 Å². The predicted molar refractivity (Wildman–Crippen MR) is 132 cm³/mol. The molecule has 2 saturated heterocycles. The zero-order valence-electron chi connectivity index (χ0n) is 21.9. The summed E-state index contributed by atoms with van der Waals surface area (Å²) >= 11 is 0. The summed E-state index contributed by atoms with van der Waals surface area (Å²) in [4.78, 5) is 22.8. The lowest BCUT2D eigenvalue weighted by Crippen LogP contribution is -2.42. The van der Waals surface area contributed by atoms with Crippen LogP contribution >= 0.6 is 0 Å². The maximum Gasteiger partial charge on any atom is 0.392 e. The second-order valence-corrected chi connectivity index (χ2v) is 11.9. The van der Waals surface area contributed by atoms with Crippen molar-refractivity contribution in [2.45, 2.75) is 101 Å². The monoisotopic (exact) mass is 546 g/mol. The van der Waals surface area contributed by atoms with Crippen molar-refractivity contribution < 1.29 is 32.0 Å². The minimum atomic E-state index is -4.24. The van der Waals surface area contributed by atoms with Gasteiger partial charge in [0, 0.05) is 35.4 Å². The summed E-state index contributed by atoms with van der Waals surface area (Å²) in [6.45, 7) is 0.258. The van der Waals surface area contributed by atoms with E-state index in [9.17, 15) is 18.0 Å². The van der Waals surface area contributed by atoms with Gasteiger partial charge in [-0.25, -0.2) is 14.8 Å². The third-order valence-corrected chi connectivity index (χ3v) is 9.74. The summed E-state index contributed by atoms with van der Waals surface area (Å²) in [5.41, 5.74) is 1.43. The summed E-state index contributed by atoms with van der Waals surface area (Å²) in [5, 5.41) is 4.26. The number of fused-ring (bicyclic) bond motifs is 4. The van der Waals surface area contributed by atoms with Gasteiger partial charge < -0.3 is 18.9 Å². The molecule has 3 aliphatic carbocycles. The Morgan fingerprint density at radius 3 is 2.64 bits per heavy atom. The van der Waals surface area contributed by atoms with Crippen LogP contribution in [0.15, 0.2) is 16.9 Å². The highest BCUT2D eigenvalue weighted by atomic mass is 19.4. The highest BCUT2D eigenvalue weighted by molar-refractivity contribution is 5.86. The average molecular weight is 547 g/mol. The summed E-state index contributed by atoms with van der Waals surface area (Å²) in [5.74, 6) is -0.0225. The number of methoxy groups -OCH3 is 1. The molecular formula is C28H33F3N4O4.